The molecule has 4 heteroatoms. The predicted molar refractivity (Wildman–Crippen MR) is 127 cm³/mol. The zero-order valence-electron chi connectivity index (χ0n) is 19.4. The number of ether oxygens (including phenoxy) is 3. The van der Waals surface area contributed by atoms with Crippen molar-refractivity contribution in [3.05, 3.63) is 71.8 Å². The fourth-order valence-electron chi connectivity index (χ4n) is 5.99. The van der Waals surface area contributed by atoms with Crippen LogP contribution in [0, 0.1) is 11.8 Å². The van der Waals surface area contributed by atoms with Gasteiger partial charge in [0.1, 0.15) is 12.2 Å². The van der Waals surface area contributed by atoms with Gasteiger partial charge in [-0.05, 0) is 43.1 Å². The Morgan fingerprint density at radius 1 is 0.697 bits per heavy atom. The van der Waals surface area contributed by atoms with Crippen LogP contribution in [0.15, 0.2) is 60.7 Å². The Balaban J connectivity index is 1.37. The summed E-state index contributed by atoms with van der Waals surface area (Å²) >= 11 is 0. The molecule has 0 spiro atoms. The van der Waals surface area contributed by atoms with E-state index < -0.39 is 18.5 Å². The number of esters is 1. The van der Waals surface area contributed by atoms with Crippen molar-refractivity contribution in [1.29, 1.82) is 0 Å². The summed E-state index contributed by atoms with van der Waals surface area (Å²) in [7, 11) is 0. The van der Waals surface area contributed by atoms with Crippen molar-refractivity contribution >= 4 is 5.97 Å². The fraction of sp³-hybridized carbons (Fsp3) is 0.552. The molecular formula is C29H36O4. The molecule has 5 rings (SSSR count). The van der Waals surface area contributed by atoms with Gasteiger partial charge in [-0.2, -0.15) is 0 Å². The lowest BCUT2D eigenvalue weighted by molar-refractivity contribution is -0.171. The fourth-order valence-corrected chi connectivity index (χ4v) is 5.99. The van der Waals surface area contributed by atoms with Crippen LogP contribution < -0.4 is 0 Å². The molecule has 3 fully saturated rings. The minimum Gasteiger partial charge on any atom is -0.460 e. The SMILES string of the molecule is O=C(OC(C1CCCCC1)C1CCCCC1)[C@@H]1O[C@@H](c2ccccc2)O[C@H]1c1ccccc1. The van der Waals surface area contributed by atoms with Gasteiger partial charge in [-0.25, -0.2) is 4.79 Å². The van der Waals surface area contributed by atoms with E-state index in [1.54, 1.807) is 0 Å². The quantitative estimate of drug-likeness (QED) is 0.450. The molecule has 3 aliphatic rings. The van der Waals surface area contributed by atoms with Crippen molar-refractivity contribution in [3.63, 3.8) is 0 Å². The lowest BCUT2D eigenvalue weighted by atomic mass is 9.75. The maximum absolute atomic E-state index is 13.7. The molecule has 1 saturated heterocycles. The van der Waals surface area contributed by atoms with Gasteiger partial charge in [-0.15, -0.1) is 0 Å². The van der Waals surface area contributed by atoms with E-state index in [1.807, 2.05) is 60.7 Å². The molecule has 33 heavy (non-hydrogen) atoms. The van der Waals surface area contributed by atoms with Crippen LogP contribution >= 0.6 is 0 Å². The first kappa shape index (κ1) is 22.6. The normalized spacial score (nSPS) is 27.0. The molecule has 0 aromatic heterocycles. The van der Waals surface area contributed by atoms with Crippen molar-refractivity contribution in [1.82, 2.24) is 0 Å². The summed E-state index contributed by atoms with van der Waals surface area (Å²) < 4.78 is 19.0. The van der Waals surface area contributed by atoms with Gasteiger partial charge in [0.05, 0.1) is 0 Å². The maximum Gasteiger partial charge on any atom is 0.338 e. The Morgan fingerprint density at radius 3 is 1.76 bits per heavy atom. The van der Waals surface area contributed by atoms with E-state index in [9.17, 15) is 4.79 Å². The zero-order chi connectivity index (χ0) is 22.5. The molecule has 1 heterocycles. The highest BCUT2D eigenvalue weighted by Crippen LogP contribution is 2.42. The average molecular weight is 449 g/mol. The number of benzene rings is 2. The van der Waals surface area contributed by atoms with Crippen molar-refractivity contribution in [2.45, 2.75) is 88.8 Å². The van der Waals surface area contributed by atoms with Crippen molar-refractivity contribution in [2.75, 3.05) is 0 Å². The molecule has 1 aliphatic heterocycles. The molecule has 2 aromatic rings. The second-order valence-electron chi connectivity index (χ2n) is 9.96. The van der Waals surface area contributed by atoms with Crippen LogP contribution in [0.25, 0.3) is 0 Å². The van der Waals surface area contributed by atoms with E-state index in [0.29, 0.717) is 11.8 Å². The largest absolute Gasteiger partial charge is 0.460 e. The van der Waals surface area contributed by atoms with Crippen LogP contribution in [0.4, 0.5) is 0 Å². The lowest BCUT2D eigenvalue weighted by Gasteiger charge is -2.37. The average Bonchev–Trinajstić information content (AvgIpc) is 3.35. The highest BCUT2D eigenvalue weighted by Gasteiger charge is 2.45. The molecule has 176 valence electrons. The Kier molecular flexibility index (Phi) is 7.43. The summed E-state index contributed by atoms with van der Waals surface area (Å²) in [4.78, 5) is 13.7. The number of carbonyl (C=O) groups is 1. The first-order chi connectivity index (χ1) is 16.3. The molecule has 2 saturated carbocycles. The van der Waals surface area contributed by atoms with E-state index >= 15 is 0 Å². The number of hydrogen-bond acceptors (Lipinski definition) is 4. The number of hydrogen-bond donors (Lipinski definition) is 0. The molecule has 0 amide bonds. The van der Waals surface area contributed by atoms with Gasteiger partial charge < -0.3 is 14.2 Å². The third kappa shape index (κ3) is 5.33. The van der Waals surface area contributed by atoms with Crippen LogP contribution in [-0.2, 0) is 19.0 Å². The smallest absolute Gasteiger partial charge is 0.338 e. The van der Waals surface area contributed by atoms with Crippen molar-refractivity contribution in [3.8, 4) is 0 Å². The van der Waals surface area contributed by atoms with Crippen molar-refractivity contribution in [2.24, 2.45) is 11.8 Å². The second kappa shape index (κ2) is 10.8. The Bertz CT molecular complexity index is 853. The molecule has 3 atom stereocenters. The number of rotatable bonds is 6. The highest BCUT2D eigenvalue weighted by atomic mass is 16.7. The van der Waals surface area contributed by atoms with E-state index in [2.05, 4.69) is 0 Å². The molecular weight excluding hydrogens is 412 g/mol. The Hall–Kier alpha value is -2.17. The second-order valence-corrected chi connectivity index (χ2v) is 9.96. The molecule has 2 aliphatic carbocycles. The van der Waals surface area contributed by atoms with Gasteiger partial charge in [0.2, 0.25) is 0 Å². The van der Waals surface area contributed by atoms with Gasteiger partial charge in [-0.3, -0.25) is 0 Å². The minimum atomic E-state index is -0.757. The van der Waals surface area contributed by atoms with Gasteiger partial charge in [0.15, 0.2) is 12.4 Å². The first-order valence-corrected chi connectivity index (χ1v) is 12.9. The molecule has 2 aromatic carbocycles. The Labute approximate surface area is 197 Å². The summed E-state index contributed by atoms with van der Waals surface area (Å²) in [5.74, 6) is 0.699. The molecule has 0 bridgehead atoms. The Morgan fingerprint density at radius 2 is 1.21 bits per heavy atom. The molecule has 0 unspecified atom stereocenters. The third-order valence-electron chi connectivity index (χ3n) is 7.73. The zero-order valence-corrected chi connectivity index (χ0v) is 19.4. The summed E-state index contributed by atoms with van der Waals surface area (Å²) in [6, 6.07) is 19.8. The lowest BCUT2D eigenvalue weighted by Crippen LogP contribution is -2.40. The highest BCUT2D eigenvalue weighted by molar-refractivity contribution is 5.76. The monoisotopic (exact) mass is 448 g/mol. The molecule has 0 radical (unpaired) electrons. The van der Waals surface area contributed by atoms with E-state index in [4.69, 9.17) is 14.2 Å². The molecule has 0 N–H and O–H groups in total. The minimum absolute atomic E-state index is 0.00824. The third-order valence-corrected chi connectivity index (χ3v) is 7.73. The van der Waals surface area contributed by atoms with Crippen LogP contribution in [0.1, 0.15) is 87.7 Å². The summed E-state index contributed by atoms with van der Waals surface area (Å²) in [6.45, 7) is 0. The van der Waals surface area contributed by atoms with Gasteiger partial charge in [-0.1, -0.05) is 99.2 Å². The van der Waals surface area contributed by atoms with Crippen LogP contribution in [0.3, 0.4) is 0 Å². The first-order valence-electron chi connectivity index (χ1n) is 12.9. The van der Waals surface area contributed by atoms with E-state index in [-0.39, 0.29) is 12.1 Å². The van der Waals surface area contributed by atoms with Crippen molar-refractivity contribution < 1.29 is 19.0 Å². The summed E-state index contributed by atoms with van der Waals surface area (Å²) in [5.41, 5.74) is 1.87. The van der Waals surface area contributed by atoms with E-state index in [0.717, 1.165) is 11.1 Å². The maximum atomic E-state index is 13.7. The van der Waals surface area contributed by atoms with Gasteiger partial charge in [0.25, 0.3) is 0 Å². The predicted octanol–water partition coefficient (Wildman–Crippen LogP) is 6.91. The summed E-state index contributed by atoms with van der Waals surface area (Å²) in [6.07, 6.45) is 10.5. The van der Waals surface area contributed by atoms with Crippen LogP contribution in [0.5, 0.6) is 0 Å². The molecule has 4 nitrogen and oxygen atoms in total. The topological polar surface area (TPSA) is 44.8 Å². The summed E-state index contributed by atoms with van der Waals surface area (Å²) in [5, 5.41) is 0. The number of carbonyl (C=O) groups excluding carboxylic acids is 1. The van der Waals surface area contributed by atoms with Crippen LogP contribution in [0.2, 0.25) is 0 Å². The van der Waals surface area contributed by atoms with Gasteiger partial charge >= 0.3 is 5.97 Å². The van der Waals surface area contributed by atoms with Gasteiger partial charge in [0, 0.05) is 5.56 Å². The van der Waals surface area contributed by atoms with E-state index in [1.165, 1.54) is 64.2 Å². The van der Waals surface area contributed by atoms with Crippen LogP contribution in [-0.4, -0.2) is 18.2 Å². The standard InChI is InChI=1S/C29H36O4/c30-28(31-25(21-13-5-1-6-14-21)22-15-7-2-8-16-22)27-26(23-17-9-3-10-18-23)32-29(33-27)24-19-11-4-12-20-24/h3-4,9-12,17-22,25-27,29H,1-2,5-8,13-16H2/t26-,27+,29-/m0/s1.